The summed E-state index contributed by atoms with van der Waals surface area (Å²) in [6, 6.07) is 2.49. The van der Waals surface area contributed by atoms with Gasteiger partial charge in [-0.25, -0.2) is 0 Å². The minimum Gasteiger partial charge on any atom is -0.337 e. The van der Waals surface area contributed by atoms with Gasteiger partial charge in [0.25, 0.3) is 0 Å². The molecule has 0 spiro atoms. The maximum atomic E-state index is 12.7. The van der Waals surface area contributed by atoms with E-state index >= 15 is 0 Å². The lowest BCUT2D eigenvalue weighted by molar-refractivity contribution is -0.136. The first-order valence-corrected chi connectivity index (χ1v) is 7.73. The molecule has 1 aromatic rings. The molecule has 1 fully saturated rings. The molecule has 2 unspecified atom stereocenters. The molecule has 1 aliphatic carbocycles. The number of fused-ring (bicyclic) bond motifs is 1. The van der Waals surface area contributed by atoms with Gasteiger partial charge < -0.3 is 10.2 Å². The van der Waals surface area contributed by atoms with Gasteiger partial charge >= 0.3 is 0 Å². The fourth-order valence-corrected chi connectivity index (χ4v) is 4.10. The Labute approximate surface area is 124 Å². The highest BCUT2D eigenvalue weighted by Crippen LogP contribution is 2.36. The molecule has 3 nitrogen and oxygen atoms in total. The first-order valence-electron chi connectivity index (χ1n) is 6.85. The van der Waals surface area contributed by atoms with E-state index in [2.05, 4.69) is 28.6 Å². The fourth-order valence-electron chi connectivity index (χ4n) is 3.11. The lowest BCUT2D eigenvalue weighted by atomic mass is 9.86. The molecular weight excluding hydrogens is 280 g/mol. The van der Waals surface area contributed by atoms with Crippen molar-refractivity contribution in [2.45, 2.75) is 38.1 Å². The smallest absolute Gasteiger partial charge is 0.230 e. The van der Waals surface area contributed by atoms with Crippen LogP contribution in [0.3, 0.4) is 0 Å². The van der Waals surface area contributed by atoms with Gasteiger partial charge in [0.15, 0.2) is 0 Å². The third-order valence-corrected chi connectivity index (χ3v) is 5.13. The maximum absolute atomic E-state index is 12.7. The van der Waals surface area contributed by atoms with Crippen molar-refractivity contribution in [2.75, 3.05) is 19.6 Å². The number of nitrogens with one attached hydrogen (secondary N) is 1. The number of nitrogens with zero attached hydrogens (tertiary/aromatic N) is 1. The zero-order valence-corrected chi connectivity index (χ0v) is 12.9. The van der Waals surface area contributed by atoms with Crippen LogP contribution in [0.15, 0.2) is 11.4 Å². The summed E-state index contributed by atoms with van der Waals surface area (Å²) in [7, 11) is 0. The van der Waals surface area contributed by atoms with Gasteiger partial charge in [-0.1, -0.05) is 0 Å². The molecule has 106 valence electrons. The lowest BCUT2D eigenvalue weighted by Crippen LogP contribution is -2.53. The largest absolute Gasteiger partial charge is 0.337 e. The standard InChI is InChI=1S/C14H20N2OS.ClH/c1-10-9-15-6-7-16(10)14(17)12-3-2-4-13-11(12)5-8-18-13;/h5,8,10,12,15H,2-4,6-7,9H2,1H3;1H. The molecular formula is C14H21ClN2OS. The van der Waals surface area contributed by atoms with Crippen molar-refractivity contribution in [3.05, 3.63) is 21.9 Å². The summed E-state index contributed by atoms with van der Waals surface area (Å²) in [5.74, 6) is 0.476. The summed E-state index contributed by atoms with van der Waals surface area (Å²) in [5.41, 5.74) is 1.31. The Bertz CT molecular complexity index is 448. The molecule has 0 bridgehead atoms. The third-order valence-electron chi connectivity index (χ3n) is 4.13. The Balaban J connectivity index is 0.00000133. The zero-order chi connectivity index (χ0) is 12.5. The average Bonchev–Trinajstić information content (AvgIpc) is 2.86. The van der Waals surface area contributed by atoms with Crippen LogP contribution in [0.25, 0.3) is 0 Å². The number of amides is 1. The highest BCUT2D eigenvalue weighted by molar-refractivity contribution is 7.10. The van der Waals surface area contributed by atoms with Crippen LogP contribution in [0.1, 0.15) is 36.1 Å². The van der Waals surface area contributed by atoms with E-state index in [0.717, 1.165) is 38.9 Å². The number of rotatable bonds is 1. The Hall–Kier alpha value is -0.580. The predicted molar refractivity (Wildman–Crippen MR) is 81.3 cm³/mol. The number of carbonyl (C=O) groups excluding carboxylic acids is 1. The Morgan fingerprint density at radius 2 is 2.37 bits per heavy atom. The Morgan fingerprint density at radius 3 is 3.16 bits per heavy atom. The van der Waals surface area contributed by atoms with Gasteiger partial charge in [-0.3, -0.25) is 4.79 Å². The maximum Gasteiger partial charge on any atom is 0.230 e. The summed E-state index contributed by atoms with van der Waals surface area (Å²) in [4.78, 5) is 16.2. The molecule has 0 aromatic carbocycles. The summed E-state index contributed by atoms with van der Waals surface area (Å²) in [5, 5.41) is 5.48. The molecule has 5 heteroatoms. The quantitative estimate of drug-likeness (QED) is 0.864. The second-order valence-corrected chi connectivity index (χ2v) is 6.33. The van der Waals surface area contributed by atoms with Crippen molar-refractivity contribution in [3.8, 4) is 0 Å². The molecule has 1 aromatic heterocycles. The van der Waals surface area contributed by atoms with Crippen LogP contribution >= 0.6 is 23.7 Å². The molecule has 0 saturated carbocycles. The number of hydrogen-bond acceptors (Lipinski definition) is 3. The van der Waals surface area contributed by atoms with E-state index in [0.29, 0.717) is 11.9 Å². The van der Waals surface area contributed by atoms with Gasteiger partial charge in [0.05, 0.1) is 5.92 Å². The molecule has 0 radical (unpaired) electrons. The first-order chi connectivity index (χ1) is 8.77. The lowest BCUT2D eigenvalue weighted by Gasteiger charge is -2.37. The number of aryl methyl sites for hydroxylation is 1. The molecule has 3 rings (SSSR count). The topological polar surface area (TPSA) is 32.3 Å². The van der Waals surface area contributed by atoms with Crippen molar-refractivity contribution in [2.24, 2.45) is 0 Å². The molecule has 1 amide bonds. The van der Waals surface area contributed by atoms with Crippen LogP contribution in [0.2, 0.25) is 0 Å². The van der Waals surface area contributed by atoms with E-state index in [1.54, 1.807) is 0 Å². The highest BCUT2D eigenvalue weighted by atomic mass is 35.5. The van der Waals surface area contributed by atoms with Crippen molar-refractivity contribution in [1.82, 2.24) is 10.2 Å². The van der Waals surface area contributed by atoms with Crippen LogP contribution in [0.5, 0.6) is 0 Å². The van der Waals surface area contributed by atoms with Gasteiger partial charge in [-0.15, -0.1) is 23.7 Å². The van der Waals surface area contributed by atoms with Crippen molar-refractivity contribution in [1.29, 1.82) is 0 Å². The summed E-state index contributed by atoms with van der Waals surface area (Å²) < 4.78 is 0. The molecule has 1 aliphatic heterocycles. The van der Waals surface area contributed by atoms with Crippen LogP contribution in [-0.2, 0) is 11.2 Å². The second kappa shape index (κ2) is 6.25. The number of piperazine rings is 1. The zero-order valence-electron chi connectivity index (χ0n) is 11.2. The normalized spacial score (nSPS) is 26.5. The summed E-state index contributed by atoms with van der Waals surface area (Å²) >= 11 is 1.81. The van der Waals surface area contributed by atoms with Crippen LogP contribution in [0, 0.1) is 0 Å². The number of halogens is 1. The van der Waals surface area contributed by atoms with E-state index < -0.39 is 0 Å². The van der Waals surface area contributed by atoms with Gasteiger partial charge in [0, 0.05) is 30.6 Å². The van der Waals surface area contributed by atoms with Gasteiger partial charge in [0.1, 0.15) is 0 Å². The van der Waals surface area contributed by atoms with E-state index in [-0.39, 0.29) is 18.3 Å². The molecule has 1 saturated heterocycles. The van der Waals surface area contributed by atoms with Gasteiger partial charge in [-0.05, 0) is 43.2 Å². The summed E-state index contributed by atoms with van der Waals surface area (Å²) in [6.45, 7) is 4.85. The minimum absolute atomic E-state index is 0. The van der Waals surface area contributed by atoms with E-state index in [1.165, 1.54) is 10.4 Å². The van der Waals surface area contributed by atoms with E-state index in [4.69, 9.17) is 0 Å². The Morgan fingerprint density at radius 1 is 1.53 bits per heavy atom. The van der Waals surface area contributed by atoms with Crippen LogP contribution < -0.4 is 5.32 Å². The van der Waals surface area contributed by atoms with Gasteiger partial charge in [0.2, 0.25) is 5.91 Å². The molecule has 1 N–H and O–H groups in total. The van der Waals surface area contributed by atoms with E-state index in [9.17, 15) is 4.79 Å². The monoisotopic (exact) mass is 300 g/mol. The molecule has 2 atom stereocenters. The third kappa shape index (κ3) is 2.81. The average molecular weight is 301 g/mol. The van der Waals surface area contributed by atoms with Crippen molar-refractivity contribution in [3.63, 3.8) is 0 Å². The first kappa shape index (κ1) is 14.8. The molecule has 19 heavy (non-hydrogen) atoms. The minimum atomic E-state index is 0. The second-order valence-electron chi connectivity index (χ2n) is 5.33. The van der Waals surface area contributed by atoms with E-state index in [1.807, 2.05) is 11.3 Å². The number of hydrogen-bond donors (Lipinski definition) is 1. The van der Waals surface area contributed by atoms with Gasteiger partial charge in [-0.2, -0.15) is 0 Å². The Kier molecular flexibility index (Phi) is 4.87. The van der Waals surface area contributed by atoms with Crippen LogP contribution in [-0.4, -0.2) is 36.5 Å². The fraction of sp³-hybridized carbons (Fsp3) is 0.643. The van der Waals surface area contributed by atoms with Crippen molar-refractivity contribution >= 4 is 29.7 Å². The van der Waals surface area contributed by atoms with Crippen LogP contribution in [0.4, 0.5) is 0 Å². The highest BCUT2D eigenvalue weighted by Gasteiger charge is 2.33. The predicted octanol–water partition coefficient (Wildman–Crippen LogP) is 2.41. The number of carbonyl (C=O) groups is 1. The summed E-state index contributed by atoms with van der Waals surface area (Å²) in [6.07, 6.45) is 3.34. The molecule has 2 aliphatic rings. The molecule has 2 heterocycles. The van der Waals surface area contributed by atoms with Crippen molar-refractivity contribution < 1.29 is 4.79 Å². The number of thiophene rings is 1. The SMILES string of the molecule is CC1CNCCN1C(=O)C1CCCc2sccc21.Cl.